The van der Waals surface area contributed by atoms with Gasteiger partial charge in [0.1, 0.15) is 52.8 Å². The van der Waals surface area contributed by atoms with Gasteiger partial charge in [-0.05, 0) is 44.2 Å². The lowest BCUT2D eigenvalue weighted by Crippen LogP contribution is -2.59. The van der Waals surface area contributed by atoms with Crippen molar-refractivity contribution in [1.29, 1.82) is 0 Å². The summed E-state index contributed by atoms with van der Waals surface area (Å²) in [5, 5.41) is 41.3. The molecule has 0 aliphatic rings. The largest absolute Gasteiger partial charge is 0.428 e. The summed E-state index contributed by atoms with van der Waals surface area (Å²) >= 11 is 0. The zero-order chi connectivity index (χ0) is 47.2. The number of nitrogens with one attached hydrogen (secondary N) is 2. The van der Waals surface area contributed by atoms with E-state index in [1.165, 1.54) is 41.6 Å². The van der Waals surface area contributed by atoms with E-state index in [4.69, 9.17) is 14.8 Å². The van der Waals surface area contributed by atoms with Crippen LogP contribution in [0, 0.1) is 17.5 Å². The van der Waals surface area contributed by atoms with Gasteiger partial charge in [-0.15, -0.1) is 0 Å². The van der Waals surface area contributed by atoms with Crippen LogP contribution in [0.1, 0.15) is 25.0 Å². The number of nitrogens with two attached hydrogens (primary N) is 1. The number of primary amides is 1. The molecule has 0 bridgehead atoms. The topological polar surface area (TPSA) is 247 Å². The zero-order valence-corrected chi connectivity index (χ0v) is 34.6. The predicted octanol–water partition coefficient (Wildman–Crippen LogP) is 5.88. The Kier molecular flexibility index (Phi) is 13.2. The van der Waals surface area contributed by atoms with E-state index >= 15 is 0 Å². The number of hydrogen-bond donors (Lipinski definition) is 5. The van der Waals surface area contributed by atoms with Gasteiger partial charge in [-0.2, -0.15) is 23.4 Å². The number of halogens is 6. The van der Waals surface area contributed by atoms with Crippen molar-refractivity contribution in [3.8, 4) is 45.8 Å². The van der Waals surface area contributed by atoms with E-state index in [0.29, 0.717) is 39.6 Å². The maximum absolute atomic E-state index is 14.2. The summed E-state index contributed by atoms with van der Waals surface area (Å²) < 4.78 is 94.7. The molecule has 0 saturated heterocycles. The number of anilines is 2. The lowest BCUT2D eigenvalue weighted by Gasteiger charge is -2.27. The fourth-order valence-electron chi connectivity index (χ4n) is 6.01. The van der Waals surface area contributed by atoms with Crippen LogP contribution in [-0.4, -0.2) is 96.4 Å². The Hall–Kier alpha value is -7.99. The van der Waals surface area contributed by atoms with Crippen molar-refractivity contribution in [2.75, 3.05) is 23.7 Å². The van der Waals surface area contributed by atoms with Gasteiger partial charge >= 0.3 is 6.18 Å². The summed E-state index contributed by atoms with van der Waals surface area (Å²) in [6.07, 6.45) is -0.271. The van der Waals surface area contributed by atoms with Crippen LogP contribution in [0.3, 0.4) is 0 Å². The molecule has 18 nitrogen and oxygen atoms in total. The number of hydrogen-bond acceptors (Lipinski definition) is 15. The number of alkyl halides is 3. The molecule has 342 valence electrons. The monoisotopic (exact) mass is 917 g/mol. The number of carbonyl (C=O) groups is 1. The molecule has 1 amide bonds. The molecule has 0 fully saturated rings. The van der Waals surface area contributed by atoms with Crippen molar-refractivity contribution >= 4 is 17.5 Å². The fourth-order valence-corrected chi connectivity index (χ4v) is 6.01. The smallest absolute Gasteiger partial charge is 0.389 e. The summed E-state index contributed by atoms with van der Waals surface area (Å²) in [7, 11) is 0. The average molecular weight is 918 g/mol. The Morgan fingerprint density at radius 2 is 1.23 bits per heavy atom. The van der Waals surface area contributed by atoms with E-state index in [1.807, 2.05) is 0 Å². The van der Waals surface area contributed by atoms with Crippen LogP contribution in [0.5, 0.6) is 0 Å². The molecule has 6 N–H and O–H groups in total. The second-order valence-electron chi connectivity index (χ2n) is 15.0. The van der Waals surface area contributed by atoms with Crippen molar-refractivity contribution in [3.05, 3.63) is 132 Å². The lowest BCUT2D eigenvalue weighted by molar-refractivity contribution is -0.245. The van der Waals surface area contributed by atoms with Gasteiger partial charge in [-0.1, -0.05) is 46.7 Å². The van der Waals surface area contributed by atoms with Gasteiger partial charge in [0.15, 0.2) is 23.3 Å². The third kappa shape index (κ3) is 10.7. The zero-order valence-electron chi connectivity index (χ0n) is 34.6. The minimum Gasteiger partial charge on any atom is -0.389 e. The highest BCUT2D eigenvalue weighted by Crippen LogP contribution is 2.31. The molecule has 6 heterocycles. The van der Waals surface area contributed by atoms with Crippen LogP contribution in [0.25, 0.3) is 45.8 Å². The van der Waals surface area contributed by atoms with Gasteiger partial charge in [0.05, 0.1) is 42.8 Å². The Morgan fingerprint density at radius 1 is 0.697 bits per heavy atom. The molecule has 0 aliphatic carbocycles. The van der Waals surface area contributed by atoms with Crippen LogP contribution in [-0.2, 0) is 17.9 Å². The normalized spacial score (nSPS) is 12.6. The molecule has 24 heteroatoms. The second kappa shape index (κ2) is 19.0. The van der Waals surface area contributed by atoms with Gasteiger partial charge in [0, 0.05) is 36.0 Å². The highest BCUT2D eigenvalue weighted by Gasteiger charge is 2.58. The molecule has 0 radical (unpaired) electrons. The first kappa shape index (κ1) is 46.0. The van der Waals surface area contributed by atoms with E-state index < -0.39 is 41.5 Å². The molecule has 66 heavy (non-hydrogen) atoms. The van der Waals surface area contributed by atoms with E-state index in [2.05, 4.69) is 51.1 Å². The predicted molar refractivity (Wildman–Crippen MR) is 222 cm³/mol. The number of rotatable bonds is 15. The Labute approximate surface area is 369 Å². The van der Waals surface area contributed by atoms with E-state index in [9.17, 15) is 41.4 Å². The summed E-state index contributed by atoms with van der Waals surface area (Å²) in [4.78, 5) is 27.6. The molecular weight excluding hydrogens is 881 g/mol. The molecule has 8 aromatic rings. The highest BCUT2D eigenvalue weighted by molar-refractivity contribution is 5.85. The molecule has 0 aliphatic heterocycles. The van der Waals surface area contributed by atoms with Crippen molar-refractivity contribution in [3.63, 3.8) is 0 Å². The van der Waals surface area contributed by atoms with Crippen molar-refractivity contribution in [2.45, 2.75) is 44.3 Å². The van der Waals surface area contributed by atoms with Gasteiger partial charge in [-0.25, -0.2) is 33.1 Å². The number of nitrogens with zero attached hydrogens (tertiary/aromatic N) is 10. The SMILES string of the molecule is CC(C)(O)CNc1nc(-c2cc(-c3ccon3)n(Cc3ccccc3F)n2)ncc1F.NC(=O)C(O)(CNc1ccnc(-c2cc(-c3ccon3)n(Cc3ccccc3F)n2)n1)C(F)(F)F. The van der Waals surface area contributed by atoms with Gasteiger partial charge in [0.25, 0.3) is 11.5 Å². The molecular formula is C42H37F6N13O5. The molecule has 6 aromatic heterocycles. The first-order chi connectivity index (χ1) is 31.4. The Bertz CT molecular complexity index is 2920. The van der Waals surface area contributed by atoms with Crippen LogP contribution >= 0.6 is 0 Å². The number of aliphatic hydroxyl groups is 2. The maximum atomic E-state index is 14.2. The Morgan fingerprint density at radius 3 is 1.70 bits per heavy atom. The van der Waals surface area contributed by atoms with Crippen LogP contribution < -0.4 is 16.4 Å². The quantitative estimate of drug-likeness (QED) is 0.0754. The summed E-state index contributed by atoms with van der Waals surface area (Å²) in [5.74, 6) is -3.44. The second-order valence-corrected chi connectivity index (χ2v) is 15.0. The summed E-state index contributed by atoms with van der Waals surface area (Å²) in [5.41, 5.74) is 3.12. The Balaban J connectivity index is 0.000000198. The van der Waals surface area contributed by atoms with E-state index in [1.54, 1.807) is 79.2 Å². The van der Waals surface area contributed by atoms with Gasteiger partial charge in [-0.3, -0.25) is 14.2 Å². The number of benzene rings is 2. The maximum Gasteiger partial charge on any atom is 0.428 e. The summed E-state index contributed by atoms with van der Waals surface area (Å²) in [6, 6.07) is 20.2. The summed E-state index contributed by atoms with van der Waals surface area (Å²) in [6.45, 7) is 2.17. The molecule has 8 rings (SSSR count). The standard InChI is InChI=1S/C21H17F4N7O3.C21H20F2N6O2/c22-13-4-2-1-3-12(13)10-32-16(14-6-8-35-31-14)9-15(30-32)18-27-7-5-17(29-18)28-11-20(34,19(26)33)21(23,24)25;1-21(2,30)12-25-19-15(23)10-24-20(26-19)17-9-18(16-7-8-31-28-16)29(27-17)11-13-5-3-4-6-14(13)22/h1-9,34H,10-11H2,(H2,26,33)(H,27,28,29);3-10,30H,11-12H2,1-2H3,(H,24,25,26). The molecule has 0 spiro atoms. The lowest BCUT2D eigenvalue weighted by atomic mass is 10.0. The molecule has 2 aromatic carbocycles. The van der Waals surface area contributed by atoms with Crippen LogP contribution in [0.2, 0.25) is 0 Å². The number of carbonyl (C=O) groups excluding carboxylic acids is 1. The van der Waals surface area contributed by atoms with E-state index in [-0.39, 0.29) is 54.4 Å². The molecule has 1 atom stereocenters. The third-order valence-electron chi connectivity index (χ3n) is 9.46. The molecule has 1 unspecified atom stereocenters. The van der Waals surface area contributed by atoms with Crippen molar-refractivity contribution in [1.82, 2.24) is 49.8 Å². The fraction of sp³-hybridized carbons (Fsp3) is 0.214. The number of aromatic nitrogens is 10. The van der Waals surface area contributed by atoms with Gasteiger partial charge < -0.3 is 35.6 Å². The van der Waals surface area contributed by atoms with Crippen LogP contribution in [0.4, 0.5) is 38.0 Å². The van der Waals surface area contributed by atoms with Crippen LogP contribution in [0.15, 0.2) is 113 Å². The third-order valence-corrected chi connectivity index (χ3v) is 9.46. The van der Waals surface area contributed by atoms with E-state index in [0.717, 1.165) is 6.20 Å². The first-order valence-electron chi connectivity index (χ1n) is 19.5. The van der Waals surface area contributed by atoms with Gasteiger partial charge in [0.2, 0.25) is 0 Å². The minimum atomic E-state index is -5.31. The molecule has 0 saturated carbocycles. The van der Waals surface area contributed by atoms with Crippen molar-refractivity contribution < 1.29 is 50.4 Å². The first-order valence-corrected chi connectivity index (χ1v) is 19.5. The highest BCUT2D eigenvalue weighted by atomic mass is 19.4. The van der Waals surface area contributed by atoms with Crippen molar-refractivity contribution in [2.24, 2.45) is 5.73 Å². The number of amides is 1. The average Bonchev–Trinajstić information content (AvgIpc) is 4.12. The minimum absolute atomic E-state index is 0.00153.